The Bertz CT molecular complexity index is 1300. The van der Waals surface area contributed by atoms with E-state index in [9.17, 15) is 19.3 Å². The highest BCUT2D eigenvalue weighted by Crippen LogP contribution is 2.36. The van der Waals surface area contributed by atoms with Crippen LogP contribution in [0.3, 0.4) is 0 Å². The maximum atomic E-state index is 13.8. The normalized spacial score (nSPS) is 14.2. The molecule has 0 saturated carbocycles. The van der Waals surface area contributed by atoms with E-state index in [2.05, 4.69) is 36.9 Å². The molecule has 1 aliphatic heterocycles. The molecular formula is C23H13Br2FN2O5. The predicted molar refractivity (Wildman–Crippen MR) is 126 cm³/mol. The number of non-ortho nitro benzene ring substituents is 1. The molecule has 7 nitrogen and oxygen atoms in total. The molecule has 0 amide bonds. The van der Waals surface area contributed by atoms with Gasteiger partial charge in [-0.2, -0.15) is 0 Å². The molecule has 0 fully saturated rings. The first-order valence-electron chi connectivity index (χ1n) is 9.44. The zero-order valence-corrected chi connectivity index (χ0v) is 19.8. The Morgan fingerprint density at radius 1 is 1.09 bits per heavy atom. The van der Waals surface area contributed by atoms with Crippen molar-refractivity contribution < 1.29 is 23.6 Å². The summed E-state index contributed by atoms with van der Waals surface area (Å²) in [5, 5.41) is 10.8. The van der Waals surface area contributed by atoms with E-state index in [1.54, 1.807) is 30.3 Å². The average molecular weight is 576 g/mol. The lowest BCUT2D eigenvalue weighted by molar-refractivity contribution is -0.384. The van der Waals surface area contributed by atoms with Crippen LogP contribution in [0.5, 0.6) is 5.75 Å². The van der Waals surface area contributed by atoms with Crippen molar-refractivity contribution in [2.24, 2.45) is 4.99 Å². The first kappa shape index (κ1) is 22.8. The van der Waals surface area contributed by atoms with E-state index in [0.717, 1.165) is 0 Å². The van der Waals surface area contributed by atoms with E-state index >= 15 is 0 Å². The van der Waals surface area contributed by atoms with Gasteiger partial charge < -0.3 is 9.47 Å². The van der Waals surface area contributed by atoms with Crippen molar-refractivity contribution in [2.75, 3.05) is 0 Å². The number of cyclic esters (lactones) is 1. The third-order valence-corrected chi connectivity index (χ3v) is 5.78. The molecule has 166 valence electrons. The van der Waals surface area contributed by atoms with Gasteiger partial charge in [-0.25, -0.2) is 14.2 Å². The molecule has 0 unspecified atom stereocenters. The fourth-order valence-electron chi connectivity index (χ4n) is 2.98. The number of aliphatic imine (C=N–C) groups is 1. The maximum absolute atomic E-state index is 13.8. The zero-order valence-electron chi connectivity index (χ0n) is 16.6. The SMILES string of the molecule is O=C1OC(c2ccc([N+](=O)[O-])cc2)=N/C1=C\c1cc(Br)c(OCc2ccccc2F)c(Br)c1. The van der Waals surface area contributed by atoms with Crippen molar-refractivity contribution in [2.45, 2.75) is 6.61 Å². The van der Waals surface area contributed by atoms with Gasteiger partial charge in [-0.05, 0) is 73.8 Å². The highest BCUT2D eigenvalue weighted by Gasteiger charge is 2.25. The summed E-state index contributed by atoms with van der Waals surface area (Å²) in [6.45, 7) is 0.0412. The summed E-state index contributed by atoms with van der Waals surface area (Å²) in [5.41, 5.74) is 1.49. The summed E-state index contributed by atoms with van der Waals surface area (Å²) < 4.78 is 26.0. The van der Waals surface area contributed by atoms with Crippen molar-refractivity contribution in [1.82, 2.24) is 0 Å². The number of ether oxygens (including phenoxy) is 2. The van der Waals surface area contributed by atoms with E-state index in [1.165, 1.54) is 36.4 Å². The highest BCUT2D eigenvalue weighted by molar-refractivity contribution is 9.11. The fourth-order valence-corrected chi connectivity index (χ4v) is 4.43. The number of esters is 1. The molecule has 4 rings (SSSR count). The van der Waals surface area contributed by atoms with Gasteiger partial charge in [-0.15, -0.1) is 0 Å². The van der Waals surface area contributed by atoms with Crippen LogP contribution in [-0.2, 0) is 16.1 Å². The fraction of sp³-hybridized carbons (Fsp3) is 0.0435. The second kappa shape index (κ2) is 9.63. The van der Waals surface area contributed by atoms with Crippen LogP contribution in [0.25, 0.3) is 6.08 Å². The van der Waals surface area contributed by atoms with E-state index in [1.807, 2.05) is 0 Å². The molecule has 3 aromatic carbocycles. The van der Waals surface area contributed by atoms with Crippen LogP contribution in [0.15, 0.2) is 80.3 Å². The molecule has 0 radical (unpaired) electrons. The van der Waals surface area contributed by atoms with Crippen molar-refractivity contribution in [1.29, 1.82) is 0 Å². The van der Waals surface area contributed by atoms with Gasteiger partial charge >= 0.3 is 5.97 Å². The first-order chi connectivity index (χ1) is 15.8. The van der Waals surface area contributed by atoms with Crippen LogP contribution < -0.4 is 4.74 Å². The summed E-state index contributed by atoms with van der Waals surface area (Å²) in [4.78, 5) is 26.8. The van der Waals surface area contributed by atoms with Gasteiger partial charge in [0.25, 0.3) is 5.69 Å². The maximum Gasteiger partial charge on any atom is 0.363 e. The number of nitrogens with zero attached hydrogens (tertiary/aromatic N) is 2. The van der Waals surface area contributed by atoms with Crippen LogP contribution in [0.4, 0.5) is 10.1 Å². The minimum atomic E-state index is -0.643. The molecule has 0 N–H and O–H groups in total. The van der Waals surface area contributed by atoms with E-state index in [-0.39, 0.29) is 29.7 Å². The minimum Gasteiger partial charge on any atom is -0.486 e. The van der Waals surface area contributed by atoms with Crippen LogP contribution in [-0.4, -0.2) is 16.8 Å². The second-order valence-corrected chi connectivity index (χ2v) is 8.54. The lowest BCUT2D eigenvalue weighted by Crippen LogP contribution is -2.05. The Balaban J connectivity index is 1.55. The highest BCUT2D eigenvalue weighted by atomic mass is 79.9. The molecule has 0 atom stereocenters. The van der Waals surface area contributed by atoms with Crippen molar-refractivity contribution >= 4 is 55.5 Å². The Morgan fingerprint density at radius 3 is 2.39 bits per heavy atom. The van der Waals surface area contributed by atoms with Gasteiger partial charge in [-0.1, -0.05) is 18.2 Å². The molecule has 0 bridgehead atoms. The molecule has 0 spiro atoms. The van der Waals surface area contributed by atoms with Crippen LogP contribution in [0.1, 0.15) is 16.7 Å². The number of benzene rings is 3. The van der Waals surface area contributed by atoms with E-state index in [4.69, 9.17) is 9.47 Å². The summed E-state index contributed by atoms with van der Waals surface area (Å²) in [5.74, 6) is -0.461. The lowest BCUT2D eigenvalue weighted by Gasteiger charge is -2.12. The number of hydrogen-bond donors (Lipinski definition) is 0. The van der Waals surface area contributed by atoms with Gasteiger partial charge in [0.15, 0.2) is 5.70 Å². The van der Waals surface area contributed by atoms with Crippen molar-refractivity contribution in [3.05, 3.63) is 108 Å². The molecule has 0 aliphatic carbocycles. The largest absolute Gasteiger partial charge is 0.486 e. The third kappa shape index (κ3) is 5.18. The number of carbonyl (C=O) groups excluding carboxylic acids is 1. The molecule has 10 heteroatoms. The van der Waals surface area contributed by atoms with Gasteiger partial charge in [-0.3, -0.25) is 10.1 Å². The number of carbonyl (C=O) groups is 1. The van der Waals surface area contributed by atoms with Gasteiger partial charge in [0, 0.05) is 23.3 Å². The number of halogens is 3. The molecule has 33 heavy (non-hydrogen) atoms. The summed E-state index contributed by atoms with van der Waals surface area (Å²) in [6, 6.07) is 15.3. The lowest BCUT2D eigenvalue weighted by atomic mass is 10.2. The summed E-state index contributed by atoms with van der Waals surface area (Å²) >= 11 is 6.87. The summed E-state index contributed by atoms with van der Waals surface area (Å²) in [7, 11) is 0. The van der Waals surface area contributed by atoms with Crippen LogP contribution in [0.2, 0.25) is 0 Å². The number of nitro benzene ring substituents is 1. The van der Waals surface area contributed by atoms with Crippen LogP contribution >= 0.6 is 31.9 Å². The summed E-state index contributed by atoms with van der Waals surface area (Å²) in [6.07, 6.45) is 1.54. The average Bonchev–Trinajstić information content (AvgIpc) is 3.14. The third-order valence-electron chi connectivity index (χ3n) is 4.60. The second-order valence-electron chi connectivity index (χ2n) is 6.83. The Labute approximate surface area is 204 Å². The van der Waals surface area contributed by atoms with E-state index in [0.29, 0.717) is 31.4 Å². The van der Waals surface area contributed by atoms with Gasteiger partial charge in [0.1, 0.15) is 18.2 Å². The van der Waals surface area contributed by atoms with Crippen LogP contribution in [0, 0.1) is 15.9 Å². The predicted octanol–water partition coefficient (Wildman–Crippen LogP) is 6.18. The smallest absolute Gasteiger partial charge is 0.363 e. The van der Waals surface area contributed by atoms with Gasteiger partial charge in [0.05, 0.1) is 13.9 Å². The number of rotatable bonds is 6. The molecule has 1 aliphatic rings. The van der Waals surface area contributed by atoms with Gasteiger partial charge in [0.2, 0.25) is 5.90 Å². The Morgan fingerprint density at radius 2 is 1.76 bits per heavy atom. The molecule has 0 saturated heterocycles. The van der Waals surface area contributed by atoms with E-state index < -0.39 is 10.9 Å². The van der Waals surface area contributed by atoms with Crippen molar-refractivity contribution in [3.63, 3.8) is 0 Å². The van der Waals surface area contributed by atoms with Crippen molar-refractivity contribution in [3.8, 4) is 5.75 Å². The standard InChI is InChI=1S/C23H13Br2FN2O5/c24-17-9-13(10-18(25)21(17)32-12-15-3-1-2-4-19(15)26)11-20-23(29)33-22(27-20)14-5-7-16(8-6-14)28(30)31/h1-11H,12H2/b20-11-. The molecular weight excluding hydrogens is 563 g/mol. The number of nitro groups is 1. The molecule has 3 aromatic rings. The Kier molecular flexibility index (Phi) is 6.66. The minimum absolute atomic E-state index is 0.0412. The molecule has 0 aromatic heterocycles. The number of hydrogen-bond acceptors (Lipinski definition) is 6. The quantitative estimate of drug-likeness (QED) is 0.151. The Hall–Kier alpha value is -3.37. The first-order valence-corrected chi connectivity index (χ1v) is 11.0. The zero-order chi connectivity index (χ0) is 23.5. The topological polar surface area (TPSA) is 91.0 Å². The molecule has 1 heterocycles. The monoisotopic (exact) mass is 574 g/mol.